The van der Waals surface area contributed by atoms with Gasteiger partial charge in [-0.15, -0.1) is 0 Å². The first kappa shape index (κ1) is 15.7. The van der Waals surface area contributed by atoms with Gasteiger partial charge in [-0.2, -0.15) is 0 Å². The average molecular weight is 316 g/mol. The Morgan fingerprint density at radius 2 is 1.83 bits per heavy atom. The van der Waals surface area contributed by atoms with Crippen LogP contribution in [0.1, 0.15) is 31.2 Å². The summed E-state index contributed by atoms with van der Waals surface area (Å²) in [5.41, 5.74) is 1.22. The predicted octanol–water partition coefficient (Wildman–Crippen LogP) is 1.29. The molecule has 23 heavy (non-hydrogen) atoms. The van der Waals surface area contributed by atoms with E-state index in [1.54, 1.807) is 24.3 Å². The molecule has 2 N–H and O–H groups in total. The molecule has 6 nitrogen and oxygen atoms in total. The zero-order valence-corrected chi connectivity index (χ0v) is 12.8. The van der Waals surface area contributed by atoms with Crippen LogP contribution >= 0.6 is 0 Å². The van der Waals surface area contributed by atoms with E-state index in [9.17, 15) is 14.4 Å². The Hall–Kier alpha value is -2.21. The fraction of sp³-hybridized carbons (Fsp3) is 0.471. The second kappa shape index (κ2) is 6.50. The number of fused-ring (bicyclic) bond motifs is 1. The lowest BCUT2D eigenvalue weighted by Gasteiger charge is -2.19. The monoisotopic (exact) mass is 316 g/mol. The Morgan fingerprint density at radius 3 is 2.43 bits per heavy atom. The van der Waals surface area contributed by atoms with Gasteiger partial charge in [-0.25, -0.2) is 0 Å². The van der Waals surface area contributed by atoms with Crippen molar-refractivity contribution in [2.24, 2.45) is 11.8 Å². The molecule has 2 fully saturated rings. The summed E-state index contributed by atoms with van der Waals surface area (Å²) in [7, 11) is 0. The molecule has 0 aromatic heterocycles. The van der Waals surface area contributed by atoms with Crippen molar-refractivity contribution in [1.29, 1.82) is 0 Å². The molecule has 3 amide bonds. The second-order valence-electron chi connectivity index (χ2n) is 6.17. The van der Waals surface area contributed by atoms with Gasteiger partial charge in [-0.05, 0) is 30.5 Å². The van der Waals surface area contributed by atoms with Gasteiger partial charge in [0.15, 0.2) is 0 Å². The van der Waals surface area contributed by atoms with Gasteiger partial charge in [0.1, 0.15) is 6.54 Å². The number of nitrogens with one attached hydrogen (secondary N) is 1. The highest BCUT2D eigenvalue weighted by atomic mass is 16.3. The maximum atomic E-state index is 12.3. The highest BCUT2D eigenvalue weighted by Gasteiger charge is 2.48. The normalized spacial score (nSPS) is 23.8. The minimum atomic E-state index is -0.402. The number of hydrogen-bond acceptors (Lipinski definition) is 4. The molecule has 2 atom stereocenters. The number of carbonyl (C=O) groups excluding carboxylic acids is 3. The first-order valence-corrected chi connectivity index (χ1v) is 7.95. The Morgan fingerprint density at radius 1 is 1.17 bits per heavy atom. The van der Waals surface area contributed by atoms with Crippen molar-refractivity contribution in [2.45, 2.75) is 32.3 Å². The lowest BCUT2D eigenvalue weighted by molar-refractivity contribution is -0.142. The summed E-state index contributed by atoms with van der Waals surface area (Å²) in [6.45, 7) is -0.357. The number of benzene rings is 1. The summed E-state index contributed by atoms with van der Waals surface area (Å²) in [5, 5.41) is 11.8. The number of likely N-dealkylation sites (tertiary alicyclic amines) is 1. The molecule has 6 heteroatoms. The van der Waals surface area contributed by atoms with Gasteiger partial charge in [-0.3, -0.25) is 19.3 Å². The summed E-state index contributed by atoms with van der Waals surface area (Å²) in [5.74, 6) is -1.29. The Kier molecular flexibility index (Phi) is 4.43. The average Bonchev–Trinajstić information content (AvgIpc) is 2.80. The standard InChI is InChI=1S/C17H20N2O4/c20-10-11-4-3-5-12(8-11)18-15(21)9-19-16(22)13-6-1-2-7-14(13)17(19)23/h3-5,8,13-14,20H,1-2,6-7,9-10H2,(H,18,21). The number of carbonyl (C=O) groups is 3. The Labute approximate surface area is 134 Å². The van der Waals surface area contributed by atoms with Crippen LogP contribution in [-0.4, -0.2) is 34.3 Å². The number of amides is 3. The molecule has 0 spiro atoms. The largest absolute Gasteiger partial charge is 0.392 e. The van der Waals surface area contributed by atoms with Crippen LogP contribution in [0.25, 0.3) is 0 Å². The molecular formula is C17H20N2O4. The smallest absolute Gasteiger partial charge is 0.244 e. The third-order valence-electron chi connectivity index (χ3n) is 4.63. The molecule has 1 aliphatic heterocycles. The van der Waals surface area contributed by atoms with Crippen LogP contribution in [0.15, 0.2) is 24.3 Å². The Bertz CT molecular complexity index is 619. The van der Waals surface area contributed by atoms with E-state index in [1.165, 1.54) is 0 Å². The number of aliphatic hydroxyl groups is 1. The number of nitrogens with zero attached hydrogens (tertiary/aromatic N) is 1. The first-order valence-electron chi connectivity index (χ1n) is 7.95. The van der Waals surface area contributed by atoms with Crippen LogP contribution < -0.4 is 5.32 Å². The maximum absolute atomic E-state index is 12.3. The quantitative estimate of drug-likeness (QED) is 0.820. The van der Waals surface area contributed by atoms with Crippen LogP contribution in [0.5, 0.6) is 0 Å². The molecule has 1 aromatic carbocycles. The highest BCUT2D eigenvalue weighted by Crippen LogP contribution is 2.37. The van der Waals surface area contributed by atoms with Crippen molar-refractivity contribution >= 4 is 23.4 Å². The summed E-state index contributed by atoms with van der Waals surface area (Å²) in [6.07, 6.45) is 3.42. The number of hydrogen-bond donors (Lipinski definition) is 2. The summed E-state index contributed by atoms with van der Waals surface area (Å²) in [6, 6.07) is 6.82. The molecule has 1 saturated carbocycles. The molecule has 1 aromatic rings. The molecule has 3 rings (SSSR count). The number of imide groups is 1. The lowest BCUT2D eigenvalue weighted by Crippen LogP contribution is -2.38. The van der Waals surface area contributed by atoms with Crippen LogP contribution in [0.3, 0.4) is 0 Å². The van der Waals surface area contributed by atoms with E-state index in [1.807, 2.05) is 0 Å². The maximum Gasteiger partial charge on any atom is 0.244 e. The van der Waals surface area contributed by atoms with E-state index < -0.39 is 5.91 Å². The van der Waals surface area contributed by atoms with Gasteiger partial charge >= 0.3 is 0 Å². The van der Waals surface area contributed by atoms with Crippen molar-refractivity contribution in [2.75, 3.05) is 11.9 Å². The number of rotatable bonds is 4. The van der Waals surface area contributed by atoms with Gasteiger partial charge in [0.2, 0.25) is 17.7 Å². The zero-order valence-electron chi connectivity index (χ0n) is 12.8. The fourth-order valence-corrected chi connectivity index (χ4v) is 3.48. The summed E-state index contributed by atoms with van der Waals surface area (Å²) in [4.78, 5) is 37.9. The minimum Gasteiger partial charge on any atom is -0.392 e. The fourth-order valence-electron chi connectivity index (χ4n) is 3.48. The summed E-state index contributed by atoms with van der Waals surface area (Å²) >= 11 is 0. The zero-order chi connectivity index (χ0) is 16.4. The lowest BCUT2D eigenvalue weighted by atomic mass is 9.81. The molecule has 1 heterocycles. The van der Waals surface area contributed by atoms with Gasteiger partial charge in [0.05, 0.1) is 18.4 Å². The predicted molar refractivity (Wildman–Crippen MR) is 83.2 cm³/mol. The van der Waals surface area contributed by atoms with E-state index in [4.69, 9.17) is 5.11 Å². The van der Waals surface area contributed by atoms with Gasteiger partial charge < -0.3 is 10.4 Å². The van der Waals surface area contributed by atoms with E-state index in [-0.39, 0.29) is 36.8 Å². The van der Waals surface area contributed by atoms with Gasteiger partial charge in [-0.1, -0.05) is 25.0 Å². The third-order valence-corrected chi connectivity index (χ3v) is 4.63. The van der Waals surface area contributed by atoms with E-state index in [2.05, 4.69) is 5.32 Å². The molecule has 2 unspecified atom stereocenters. The molecule has 2 aliphatic rings. The van der Waals surface area contributed by atoms with Gasteiger partial charge in [0, 0.05) is 5.69 Å². The van der Waals surface area contributed by atoms with E-state index >= 15 is 0 Å². The van der Waals surface area contributed by atoms with Crippen LogP contribution in [0.4, 0.5) is 5.69 Å². The topological polar surface area (TPSA) is 86.7 Å². The van der Waals surface area contributed by atoms with Crippen molar-refractivity contribution < 1.29 is 19.5 Å². The summed E-state index contributed by atoms with van der Waals surface area (Å²) < 4.78 is 0. The highest BCUT2D eigenvalue weighted by molar-refractivity contribution is 6.08. The van der Waals surface area contributed by atoms with Crippen LogP contribution in [0, 0.1) is 11.8 Å². The van der Waals surface area contributed by atoms with Crippen molar-refractivity contribution in [3.8, 4) is 0 Å². The van der Waals surface area contributed by atoms with Crippen LogP contribution in [-0.2, 0) is 21.0 Å². The van der Waals surface area contributed by atoms with Crippen molar-refractivity contribution in [3.05, 3.63) is 29.8 Å². The molecule has 0 bridgehead atoms. The first-order chi connectivity index (χ1) is 11.1. The molecular weight excluding hydrogens is 296 g/mol. The Balaban J connectivity index is 1.65. The molecule has 0 radical (unpaired) electrons. The molecule has 1 aliphatic carbocycles. The SMILES string of the molecule is O=C(CN1C(=O)C2CCCCC2C1=O)Nc1cccc(CO)c1. The number of aliphatic hydroxyl groups excluding tert-OH is 1. The van der Waals surface area contributed by atoms with Gasteiger partial charge in [0.25, 0.3) is 0 Å². The van der Waals surface area contributed by atoms with Crippen molar-refractivity contribution in [1.82, 2.24) is 4.90 Å². The van der Waals surface area contributed by atoms with Crippen LogP contribution in [0.2, 0.25) is 0 Å². The number of anilines is 1. The van der Waals surface area contributed by atoms with Crippen molar-refractivity contribution in [3.63, 3.8) is 0 Å². The minimum absolute atomic E-state index is 0.115. The van der Waals surface area contributed by atoms with E-state index in [0.717, 1.165) is 30.6 Å². The molecule has 1 saturated heterocycles. The molecule has 122 valence electrons. The second-order valence-corrected chi connectivity index (χ2v) is 6.17. The van der Waals surface area contributed by atoms with E-state index in [0.29, 0.717) is 11.3 Å². The third kappa shape index (κ3) is 3.12.